The molecule has 0 aliphatic carbocycles. The maximum absolute atomic E-state index is 11.4. The minimum Gasteiger partial charge on any atom is -0.456 e. The molecule has 1 rings (SSSR count). The minimum absolute atomic E-state index is 0.0401. The van der Waals surface area contributed by atoms with Crippen molar-refractivity contribution in [2.45, 2.75) is 19.1 Å². The fourth-order valence-corrected chi connectivity index (χ4v) is 1.31. The number of nitrogens with two attached hydrogens (primary N) is 1. The standard InChI is InChI=1S/C11H13N3O5/c12-9(5-10(13)15)11(16)19-6-7-1-3-8(4-2-7)14(17)18/h1-4,9H,5-6,12H2,(H2,13,15)/p+1/t9-/m0/s1. The summed E-state index contributed by atoms with van der Waals surface area (Å²) in [6, 6.07) is 4.74. The predicted molar refractivity (Wildman–Crippen MR) is 63.4 cm³/mol. The van der Waals surface area contributed by atoms with Crippen LogP contribution in [0.1, 0.15) is 12.0 Å². The molecule has 0 aromatic heterocycles. The number of nitrogens with zero attached hydrogens (tertiary/aromatic N) is 1. The highest BCUT2D eigenvalue weighted by Crippen LogP contribution is 2.12. The molecule has 0 unspecified atom stereocenters. The van der Waals surface area contributed by atoms with Crippen molar-refractivity contribution < 1.29 is 25.0 Å². The van der Waals surface area contributed by atoms with Gasteiger partial charge >= 0.3 is 5.97 Å². The normalized spacial score (nSPS) is 11.6. The number of quaternary nitrogens is 1. The van der Waals surface area contributed by atoms with Gasteiger partial charge in [-0.2, -0.15) is 0 Å². The van der Waals surface area contributed by atoms with Crippen LogP contribution in [0.3, 0.4) is 0 Å². The monoisotopic (exact) mass is 268 g/mol. The van der Waals surface area contributed by atoms with Crippen LogP contribution in [0.2, 0.25) is 0 Å². The van der Waals surface area contributed by atoms with E-state index in [2.05, 4.69) is 5.73 Å². The number of rotatable bonds is 6. The lowest BCUT2D eigenvalue weighted by Crippen LogP contribution is -2.66. The first-order valence-corrected chi connectivity index (χ1v) is 5.41. The maximum atomic E-state index is 11.4. The lowest BCUT2D eigenvalue weighted by Gasteiger charge is -2.07. The van der Waals surface area contributed by atoms with Crippen LogP contribution in [0, 0.1) is 10.1 Å². The fourth-order valence-electron chi connectivity index (χ4n) is 1.31. The Labute approximate surface area is 108 Å². The van der Waals surface area contributed by atoms with E-state index in [1.165, 1.54) is 24.3 Å². The zero-order valence-electron chi connectivity index (χ0n) is 10.1. The number of carbonyl (C=O) groups is 2. The highest BCUT2D eigenvalue weighted by molar-refractivity contribution is 5.83. The second-order valence-electron chi connectivity index (χ2n) is 3.90. The van der Waals surface area contributed by atoms with Crippen molar-refractivity contribution in [2.75, 3.05) is 0 Å². The lowest BCUT2D eigenvalue weighted by molar-refractivity contribution is -0.407. The largest absolute Gasteiger partial charge is 0.456 e. The van der Waals surface area contributed by atoms with Crippen molar-refractivity contribution >= 4 is 17.6 Å². The van der Waals surface area contributed by atoms with Crippen LogP contribution in [-0.2, 0) is 20.9 Å². The maximum Gasteiger partial charge on any atom is 0.365 e. The number of nitro benzene ring substituents is 1. The van der Waals surface area contributed by atoms with Crippen molar-refractivity contribution in [3.8, 4) is 0 Å². The van der Waals surface area contributed by atoms with Crippen LogP contribution in [0.25, 0.3) is 0 Å². The van der Waals surface area contributed by atoms with Crippen LogP contribution in [-0.4, -0.2) is 22.8 Å². The van der Waals surface area contributed by atoms with E-state index in [0.29, 0.717) is 5.56 Å². The third-order valence-corrected chi connectivity index (χ3v) is 2.31. The Morgan fingerprint density at radius 3 is 2.42 bits per heavy atom. The Balaban J connectivity index is 2.50. The third-order valence-electron chi connectivity index (χ3n) is 2.31. The number of primary amides is 1. The molecule has 19 heavy (non-hydrogen) atoms. The van der Waals surface area contributed by atoms with E-state index in [0.717, 1.165) is 0 Å². The lowest BCUT2D eigenvalue weighted by atomic mass is 10.2. The number of ether oxygens (including phenoxy) is 1. The van der Waals surface area contributed by atoms with E-state index in [1.54, 1.807) is 0 Å². The molecule has 0 aliphatic rings. The van der Waals surface area contributed by atoms with Gasteiger partial charge in [0.2, 0.25) is 5.91 Å². The molecule has 1 aromatic rings. The van der Waals surface area contributed by atoms with Crippen molar-refractivity contribution in [1.29, 1.82) is 0 Å². The van der Waals surface area contributed by atoms with E-state index < -0.39 is 22.8 Å². The van der Waals surface area contributed by atoms with Crippen LogP contribution in [0.15, 0.2) is 24.3 Å². The first-order valence-electron chi connectivity index (χ1n) is 5.41. The Morgan fingerprint density at radius 1 is 1.37 bits per heavy atom. The van der Waals surface area contributed by atoms with Crippen LogP contribution in [0.4, 0.5) is 5.69 Å². The van der Waals surface area contributed by atoms with Crippen LogP contribution in [0.5, 0.6) is 0 Å². The van der Waals surface area contributed by atoms with Gasteiger partial charge in [0.05, 0.1) is 11.3 Å². The Bertz CT molecular complexity index is 486. The minimum atomic E-state index is -0.851. The molecule has 8 nitrogen and oxygen atoms in total. The van der Waals surface area contributed by atoms with Gasteiger partial charge in [0.1, 0.15) is 6.61 Å². The van der Waals surface area contributed by atoms with Crippen molar-refractivity contribution in [1.82, 2.24) is 0 Å². The van der Waals surface area contributed by atoms with Gasteiger partial charge in [-0.1, -0.05) is 0 Å². The zero-order valence-corrected chi connectivity index (χ0v) is 10.1. The van der Waals surface area contributed by atoms with Crippen molar-refractivity contribution in [3.63, 3.8) is 0 Å². The second-order valence-corrected chi connectivity index (χ2v) is 3.90. The van der Waals surface area contributed by atoms with Gasteiger partial charge in [0, 0.05) is 12.1 Å². The van der Waals surface area contributed by atoms with Gasteiger partial charge in [0.25, 0.3) is 5.69 Å². The summed E-state index contributed by atoms with van der Waals surface area (Å²) in [6.45, 7) is -0.0401. The molecular weight excluding hydrogens is 254 g/mol. The molecule has 0 saturated heterocycles. The number of amides is 1. The number of esters is 1. The molecule has 8 heteroatoms. The van der Waals surface area contributed by atoms with Crippen molar-refractivity contribution in [3.05, 3.63) is 39.9 Å². The molecule has 0 heterocycles. The molecule has 1 amide bonds. The third kappa shape index (κ3) is 4.72. The fraction of sp³-hybridized carbons (Fsp3) is 0.273. The smallest absolute Gasteiger partial charge is 0.365 e. The van der Waals surface area contributed by atoms with E-state index in [9.17, 15) is 19.7 Å². The van der Waals surface area contributed by atoms with Crippen molar-refractivity contribution in [2.24, 2.45) is 5.73 Å². The molecule has 0 saturated carbocycles. The topological polar surface area (TPSA) is 140 Å². The summed E-state index contributed by atoms with van der Waals surface area (Å²) in [4.78, 5) is 31.9. The summed E-state index contributed by atoms with van der Waals surface area (Å²) < 4.78 is 4.91. The number of hydrogen-bond donors (Lipinski definition) is 2. The van der Waals surface area contributed by atoms with Crippen LogP contribution >= 0.6 is 0 Å². The van der Waals surface area contributed by atoms with Gasteiger partial charge in [-0.3, -0.25) is 14.9 Å². The van der Waals surface area contributed by atoms with Gasteiger partial charge < -0.3 is 16.2 Å². The first kappa shape index (κ1) is 14.6. The van der Waals surface area contributed by atoms with E-state index >= 15 is 0 Å². The number of nitro groups is 1. The first-order chi connectivity index (χ1) is 8.90. The summed E-state index contributed by atoms with van der Waals surface area (Å²) >= 11 is 0. The molecule has 0 spiro atoms. The molecule has 1 aromatic carbocycles. The van der Waals surface area contributed by atoms with E-state index in [4.69, 9.17) is 10.5 Å². The van der Waals surface area contributed by atoms with Gasteiger partial charge in [-0.25, -0.2) is 4.79 Å². The number of benzene rings is 1. The molecule has 0 fully saturated rings. The quantitative estimate of drug-likeness (QED) is 0.391. The average molecular weight is 268 g/mol. The number of non-ortho nitro benzene ring substituents is 1. The summed E-state index contributed by atoms with van der Waals surface area (Å²) in [5.74, 6) is -1.27. The molecule has 102 valence electrons. The number of carbonyl (C=O) groups excluding carboxylic acids is 2. The van der Waals surface area contributed by atoms with Gasteiger partial charge in [-0.05, 0) is 17.7 Å². The van der Waals surface area contributed by atoms with Gasteiger partial charge in [0.15, 0.2) is 6.04 Å². The predicted octanol–water partition coefficient (Wildman–Crippen LogP) is -0.876. The number of hydrogen-bond acceptors (Lipinski definition) is 5. The zero-order chi connectivity index (χ0) is 14.4. The highest BCUT2D eigenvalue weighted by Gasteiger charge is 2.21. The van der Waals surface area contributed by atoms with E-state index in [-0.39, 0.29) is 18.7 Å². The molecule has 0 radical (unpaired) electrons. The molecule has 0 aliphatic heterocycles. The Morgan fingerprint density at radius 2 is 1.95 bits per heavy atom. The van der Waals surface area contributed by atoms with E-state index in [1.807, 2.05) is 0 Å². The SMILES string of the molecule is NC(=O)C[C@H]([NH3+])C(=O)OCc1ccc([N+](=O)[O-])cc1. The van der Waals surface area contributed by atoms with Crippen LogP contribution < -0.4 is 11.5 Å². The summed E-state index contributed by atoms with van der Waals surface area (Å²) in [7, 11) is 0. The van der Waals surface area contributed by atoms with Gasteiger partial charge in [-0.15, -0.1) is 0 Å². The molecule has 0 bridgehead atoms. The summed E-state index contributed by atoms with van der Waals surface area (Å²) in [5, 5.41) is 10.4. The molecule has 5 N–H and O–H groups in total. The molecule has 1 atom stereocenters. The summed E-state index contributed by atoms with van der Waals surface area (Å²) in [5.41, 5.74) is 8.96. The molecular formula is C11H14N3O5+. The Kier molecular flexibility index (Phi) is 4.95. The summed E-state index contributed by atoms with van der Waals surface area (Å²) in [6.07, 6.45) is -0.181. The average Bonchev–Trinajstić information content (AvgIpc) is 2.35. The second kappa shape index (κ2) is 6.45. The highest BCUT2D eigenvalue weighted by atomic mass is 16.6. The Hall–Kier alpha value is -2.48.